The fraction of sp³-hybridized carbons (Fsp3) is 0.250. The summed E-state index contributed by atoms with van der Waals surface area (Å²) in [7, 11) is 0. The predicted octanol–water partition coefficient (Wildman–Crippen LogP) is 1.64. The van der Waals surface area contributed by atoms with Crippen LogP contribution in [0.15, 0.2) is 24.4 Å². The molecule has 1 heterocycles. The van der Waals surface area contributed by atoms with Gasteiger partial charge in [-0.25, -0.2) is 4.79 Å². The number of fused-ring (bicyclic) bond motifs is 1. The van der Waals surface area contributed by atoms with E-state index in [-0.39, 0.29) is 12.2 Å². The van der Waals surface area contributed by atoms with E-state index in [1.165, 1.54) is 0 Å². The summed E-state index contributed by atoms with van der Waals surface area (Å²) in [5.74, 6) is -0.942. The van der Waals surface area contributed by atoms with Crippen LogP contribution in [-0.2, 0) is 6.54 Å². The molecular formula is C12H13NO3. The number of nitrogens with zero attached hydrogens (tertiary/aromatic N) is 1. The van der Waals surface area contributed by atoms with E-state index in [0.29, 0.717) is 12.1 Å². The number of aliphatic hydroxyl groups is 1. The maximum Gasteiger partial charge on any atom is 0.337 e. The van der Waals surface area contributed by atoms with Gasteiger partial charge in [-0.05, 0) is 18.6 Å². The van der Waals surface area contributed by atoms with Crippen molar-refractivity contribution in [1.82, 2.24) is 4.57 Å². The zero-order valence-electron chi connectivity index (χ0n) is 8.97. The SMILES string of the molecule is Cc1cn(CCO)c2c(C(=O)O)cccc12. The van der Waals surface area contributed by atoms with Crippen LogP contribution in [0.25, 0.3) is 10.9 Å². The molecule has 2 aromatic rings. The number of rotatable bonds is 3. The first-order valence-electron chi connectivity index (χ1n) is 5.07. The van der Waals surface area contributed by atoms with Crippen molar-refractivity contribution in [2.24, 2.45) is 0 Å². The Morgan fingerprint density at radius 3 is 2.81 bits per heavy atom. The molecule has 84 valence electrons. The second-order valence-electron chi connectivity index (χ2n) is 3.74. The number of carboxylic acid groups (broad SMARTS) is 1. The summed E-state index contributed by atoms with van der Waals surface area (Å²) in [4.78, 5) is 11.1. The summed E-state index contributed by atoms with van der Waals surface area (Å²) >= 11 is 0. The van der Waals surface area contributed by atoms with Gasteiger partial charge in [0.15, 0.2) is 0 Å². The Morgan fingerprint density at radius 2 is 2.19 bits per heavy atom. The molecule has 2 N–H and O–H groups in total. The lowest BCUT2D eigenvalue weighted by Crippen LogP contribution is -2.05. The largest absolute Gasteiger partial charge is 0.478 e. The van der Waals surface area contributed by atoms with E-state index in [1.54, 1.807) is 16.7 Å². The number of hydrogen-bond donors (Lipinski definition) is 2. The highest BCUT2D eigenvalue weighted by atomic mass is 16.4. The summed E-state index contributed by atoms with van der Waals surface area (Å²) in [6.07, 6.45) is 1.87. The molecule has 0 aliphatic carbocycles. The van der Waals surface area contributed by atoms with Crippen molar-refractivity contribution in [3.63, 3.8) is 0 Å². The fourth-order valence-corrected chi connectivity index (χ4v) is 2.00. The van der Waals surface area contributed by atoms with E-state index >= 15 is 0 Å². The van der Waals surface area contributed by atoms with E-state index in [1.807, 2.05) is 19.2 Å². The third kappa shape index (κ3) is 1.57. The van der Waals surface area contributed by atoms with Gasteiger partial charge < -0.3 is 14.8 Å². The number of aryl methyl sites for hydroxylation is 1. The molecule has 1 aromatic heterocycles. The lowest BCUT2D eigenvalue weighted by atomic mass is 10.1. The lowest BCUT2D eigenvalue weighted by molar-refractivity contribution is 0.0698. The van der Waals surface area contributed by atoms with Gasteiger partial charge in [0.1, 0.15) is 0 Å². The molecule has 0 bridgehead atoms. The zero-order valence-corrected chi connectivity index (χ0v) is 8.97. The van der Waals surface area contributed by atoms with Crippen LogP contribution in [-0.4, -0.2) is 27.4 Å². The summed E-state index contributed by atoms with van der Waals surface area (Å²) in [6.45, 7) is 2.34. The van der Waals surface area contributed by atoms with E-state index < -0.39 is 5.97 Å². The highest BCUT2D eigenvalue weighted by Crippen LogP contribution is 2.24. The van der Waals surface area contributed by atoms with Gasteiger partial charge >= 0.3 is 5.97 Å². The predicted molar refractivity (Wildman–Crippen MR) is 60.7 cm³/mol. The van der Waals surface area contributed by atoms with Gasteiger partial charge in [-0.2, -0.15) is 0 Å². The van der Waals surface area contributed by atoms with Gasteiger partial charge in [0.05, 0.1) is 17.7 Å². The number of benzene rings is 1. The molecule has 0 atom stereocenters. The van der Waals surface area contributed by atoms with Crippen molar-refractivity contribution in [2.75, 3.05) is 6.61 Å². The highest BCUT2D eigenvalue weighted by Gasteiger charge is 2.13. The molecule has 2 rings (SSSR count). The van der Waals surface area contributed by atoms with Crippen molar-refractivity contribution in [1.29, 1.82) is 0 Å². The topological polar surface area (TPSA) is 62.5 Å². The van der Waals surface area contributed by atoms with Crippen LogP contribution in [0.3, 0.4) is 0 Å². The molecule has 1 aromatic carbocycles. The van der Waals surface area contributed by atoms with Crippen molar-refractivity contribution in [3.05, 3.63) is 35.5 Å². The molecule has 4 heteroatoms. The first-order valence-corrected chi connectivity index (χ1v) is 5.07. The molecule has 0 amide bonds. The minimum Gasteiger partial charge on any atom is -0.478 e. The number of aliphatic hydroxyl groups excluding tert-OH is 1. The Labute approximate surface area is 92.7 Å². The Balaban J connectivity index is 2.77. The van der Waals surface area contributed by atoms with Crippen LogP contribution in [0.1, 0.15) is 15.9 Å². The van der Waals surface area contributed by atoms with Crippen molar-refractivity contribution < 1.29 is 15.0 Å². The van der Waals surface area contributed by atoms with Crippen LogP contribution in [0, 0.1) is 6.92 Å². The molecular weight excluding hydrogens is 206 g/mol. The summed E-state index contributed by atoms with van der Waals surface area (Å²) < 4.78 is 1.79. The molecule has 4 nitrogen and oxygen atoms in total. The second-order valence-corrected chi connectivity index (χ2v) is 3.74. The van der Waals surface area contributed by atoms with Crippen molar-refractivity contribution >= 4 is 16.9 Å². The van der Waals surface area contributed by atoms with E-state index in [0.717, 1.165) is 10.9 Å². The molecule has 16 heavy (non-hydrogen) atoms. The van der Waals surface area contributed by atoms with Gasteiger partial charge in [0.2, 0.25) is 0 Å². The zero-order chi connectivity index (χ0) is 11.7. The van der Waals surface area contributed by atoms with E-state index in [9.17, 15) is 4.79 Å². The lowest BCUT2D eigenvalue weighted by Gasteiger charge is -2.05. The van der Waals surface area contributed by atoms with Gasteiger partial charge in [-0.3, -0.25) is 0 Å². The number of carbonyl (C=O) groups is 1. The highest BCUT2D eigenvalue weighted by molar-refractivity contribution is 6.03. The maximum atomic E-state index is 11.1. The number of hydrogen-bond acceptors (Lipinski definition) is 2. The van der Waals surface area contributed by atoms with Gasteiger partial charge in [-0.15, -0.1) is 0 Å². The van der Waals surface area contributed by atoms with Gasteiger partial charge in [0, 0.05) is 18.1 Å². The van der Waals surface area contributed by atoms with Crippen LogP contribution >= 0.6 is 0 Å². The van der Waals surface area contributed by atoms with Crippen LogP contribution < -0.4 is 0 Å². The van der Waals surface area contributed by atoms with Crippen molar-refractivity contribution in [3.8, 4) is 0 Å². The molecule has 0 aliphatic heterocycles. The summed E-state index contributed by atoms with van der Waals surface area (Å²) in [6, 6.07) is 5.21. The quantitative estimate of drug-likeness (QED) is 0.824. The minimum absolute atomic E-state index is 0.00280. The normalized spacial score (nSPS) is 10.9. The summed E-state index contributed by atoms with van der Waals surface area (Å²) in [5.41, 5.74) is 1.98. The molecule has 0 aliphatic rings. The Kier molecular flexibility index (Phi) is 2.66. The average Bonchev–Trinajstić information content (AvgIpc) is 2.57. The monoisotopic (exact) mass is 219 g/mol. The van der Waals surface area contributed by atoms with Crippen LogP contribution in [0.5, 0.6) is 0 Å². The van der Waals surface area contributed by atoms with Gasteiger partial charge in [0.25, 0.3) is 0 Å². The third-order valence-electron chi connectivity index (χ3n) is 2.67. The number of aromatic carboxylic acids is 1. The molecule has 0 unspecified atom stereocenters. The first-order chi connectivity index (χ1) is 7.65. The minimum atomic E-state index is -0.942. The van der Waals surface area contributed by atoms with Crippen LogP contribution in [0.4, 0.5) is 0 Å². The Hall–Kier alpha value is -1.81. The molecule has 0 fully saturated rings. The second kappa shape index (κ2) is 3.98. The molecule has 0 saturated carbocycles. The fourth-order valence-electron chi connectivity index (χ4n) is 2.00. The Morgan fingerprint density at radius 1 is 1.44 bits per heavy atom. The average molecular weight is 219 g/mol. The van der Waals surface area contributed by atoms with E-state index in [4.69, 9.17) is 10.2 Å². The van der Waals surface area contributed by atoms with Gasteiger partial charge in [-0.1, -0.05) is 12.1 Å². The smallest absolute Gasteiger partial charge is 0.337 e. The summed E-state index contributed by atoms with van der Waals surface area (Å²) in [5, 5.41) is 19.0. The number of para-hydroxylation sites is 1. The first kappa shape index (κ1) is 10.7. The number of carboxylic acids is 1. The van der Waals surface area contributed by atoms with Crippen LogP contribution in [0.2, 0.25) is 0 Å². The van der Waals surface area contributed by atoms with Crippen molar-refractivity contribution in [2.45, 2.75) is 13.5 Å². The molecule has 0 radical (unpaired) electrons. The third-order valence-corrected chi connectivity index (χ3v) is 2.67. The standard InChI is InChI=1S/C12H13NO3/c1-8-7-13(5-6-14)11-9(8)3-2-4-10(11)12(15)16/h2-4,7,14H,5-6H2,1H3,(H,15,16). The number of aromatic nitrogens is 1. The molecule has 0 saturated heterocycles. The van der Waals surface area contributed by atoms with E-state index in [2.05, 4.69) is 0 Å². The molecule has 0 spiro atoms. The maximum absolute atomic E-state index is 11.1. The Bertz CT molecular complexity index is 542.